The molecule has 1 aromatic carbocycles. The van der Waals surface area contributed by atoms with Gasteiger partial charge in [-0.05, 0) is 43.3 Å². The maximum absolute atomic E-state index is 12.1. The first kappa shape index (κ1) is 15.5. The van der Waals surface area contributed by atoms with Crippen LogP contribution in [0.1, 0.15) is 20.8 Å². The molecular weight excluding hydrogens is 266 g/mol. The van der Waals surface area contributed by atoms with Gasteiger partial charge in [0.05, 0.1) is 0 Å². The van der Waals surface area contributed by atoms with Gasteiger partial charge in [-0.1, -0.05) is 20.8 Å². The van der Waals surface area contributed by atoms with E-state index in [-0.39, 0.29) is 23.7 Å². The zero-order valence-electron chi connectivity index (χ0n) is 12.8. The predicted molar refractivity (Wildman–Crippen MR) is 84.1 cm³/mol. The first-order valence-corrected chi connectivity index (χ1v) is 7.40. The maximum Gasteiger partial charge on any atom is 0.227 e. The molecule has 0 aliphatic carbocycles. The van der Waals surface area contributed by atoms with Gasteiger partial charge in [0.1, 0.15) is 0 Å². The van der Waals surface area contributed by atoms with Crippen molar-refractivity contribution < 1.29 is 9.59 Å². The second kappa shape index (κ2) is 6.72. The third kappa shape index (κ3) is 4.04. The molecule has 0 spiro atoms. The molecule has 0 saturated carbocycles. The molecule has 0 bridgehead atoms. The standard InChI is InChI=1S/C16H23N3O2/c1-10(2)15(20)18-13-4-6-14(7-5-13)19-16(21)11(3)12-8-17-9-12/h4-7,10-12,17H,8-9H2,1-3H3,(H,18,20)(H,19,21). The van der Waals surface area contributed by atoms with Crippen LogP contribution in [0.5, 0.6) is 0 Å². The van der Waals surface area contributed by atoms with Gasteiger partial charge in [-0.3, -0.25) is 9.59 Å². The van der Waals surface area contributed by atoms with Crippen LogP contribution >= 0.6 is 0 Å². The largest absolute Gasteiger partial charge is 0.326 e. The number of nitrogens with one attached hydrogen (secondary N) is 3. The normalized spacial score (nSPS) is 16.2. The van der Waals surface area contributed by atoms with Crippen LogP contribution in [-0.2, 0) is 9.59 Å². The number of hydrogen-bond donors (Lipinski definition) is 3. The first-order chi connectivity index (χ1) is 9.97. The highest BCUT2D eigenvalue weighted by molar-refractivity contribution is 5.94. The van der Waals surface area contributed by atoms with Crippen LogP contribution in [0.3, 0.4) is 0 Å². The van der Waals surface area contributed by atoms with Crippen LogP contribution in [0, 0.1) is 17.8 Å². The average molecular weight is 289 g/mol. The van der Waals surface area contributed by atoms with E-state index in [4.69, 9.17) is 0 Å². The van der Waals surface area contributed by atoms with Crippen molar-refractivity contribution >= 4 is 23.2 Å². The fourth-order valence-electron chi connectivity index (χ4n) is 2.06. The zero-order chi connectivity index (χ0) is 15.4. The summed E-state index contributed by atoms with van der Waals surface area (Å²) in [5.74, 6) is 0.404. The van der Waals surface area contributed by atoms with Gasteiger partial charge in [0.2, 0.25) is 11.8 Å². The van der Waals surface area contributed by atoms with Gasteiger partial charge in [-0.2, -0.15) is 0 Å². The van der Waals surface area contributed by atoms with Gasteiger partial charge in [0, 0.05) is 23.2 Å². The van der Waals surface area contributed by atoms with E-state index < -0.39 is 0 Å². The topological polar surface area (TPSA) is 70.2 Å². The molecule has 3 N–H and O–H groups in total. The summed E-state index contributed by atoms with van der Waals surface area (Å²) in [6, 6.07) is 7.20. The van der Waals surface area contributed by atoms with Crippen LogP contribution in [0.4, 0.5) is 11.4 Å². The maximum atomic E-state index is 12.1. The lowest BCUT2D eigenvalue weighted by atomic mass is 9.88. The van der Waals surface area contributed by atoms with E-state index in [1.54, 1.807) is 24.3 Å². The third-order valence-electron chi connectivity index (χ3n) is 3.88. The molecule has 1 atom stereocenters. The van der Waals surface area contributed by atoms with Crippen LogP contribution in [0.2, 0.25) is 0 Å². The minimum Gasteiger partial charge on any atom is -0.326 e. The van der Waals surface area contributed by atoms with Crippen molar-refractivity contribution in [2.75, 3.05) is 23.7 Å². The Bertz CT molecular complexity index is 507. The van der Waals surface area contributed by atoms with E-state index in [2.05, 4.69) is 16.0 Å². The lowest BCUT2D eigenvalue weighted by molar-refractivity contribution is -0.121. The molecule has 1 unspecified atom stereocenters. The van der Waals surface area contributed by atoms with E-state index in [9.17, 15) is 9.59 Å². The Morgan fingerprint density at radius 2 is 1.48 bits per heavy atom. The van der Waals surface area contributed by atoms with E-state index in [0.717, 1.165) is 24.5 Å². The van der Waals surface area contributed by atoms with Crippen molar-refractivity contribution in [2.45, 2.75) is 20.8 Å². The third-order valence-corrected chi connectivity index (χ3v) is 3.88. The number of carbonyl (C=O) groups is 2. The summed E-state index contributed by atoms with van der Waals surface area (Å²) < 4.78 is 0. The molecule has 5 nitrogen and oxygen atoms in total. The molecule has 5 heteroatoms. The van der Waals surface area contributed by atoms with E-state index >= 15 is 0 Å². The monoisotopic (exact) mass is 289 g/mol. The van der Waals surface area contributed by atoms with Crippen molar-refractivity contribution in [3.05, 3.63) is 24.3 Å². The Morgan fingerprint density at radius 3 is 1.86 bits per heavy atom. The van der Waals surface area contributed by atoms with Crippen molar-refractivity contribution in [1.29, 1.82) is 0 Å². The zero-order valence-corrected chi connectivity index (χ0v) is 12.8. The summed E-state index contributed by atoms with van der Waals surface area (Å²) in [4.78, 5) is 23.7. The Labute approximate surface area is 125 Å². The summed E-state index contributed by atoms with van der Waals surface area (Å²) in [5.41, 5.74) is 1.49. The van der Waals surface area contributed by atoms with Crippen LogP contribution < -0.4 is 16.0 Å². The summed E-state index contributed by atoms with van der Waals surface area (Å²) in [5, 5.41) is 8.91. The number of hydrogen-bond acceptors (Lipinski definition) is 3. The van der Waals surface area contributed by atoms with E-state index in [1.165, 1.54) is 0 Å². The average Bonchev–Trinajstić information content (AvgIpc) is 2.38. The van der Waals surface area contributed by atoms with Crippen LogP contribution in [0.25, 0.3) is 0 Å². The van der Waals surface area contributed by atoms with Gasteiger partial charge in [-0.15, -0.1) is 0 Å². The van der Waals surface area contributed by atoms with Crippen molar-refractivity contribution in [2.24, 2.45) is 17.8 Å². The molecule has 114 valence electrons. The minimum atomic E-state index is -0.0543. The number of anilines is 2. The molecule has 1 fully saturated rings. The van der Waals surface area contributed by atoms with Crippen molar-refractivity contribution in [3.63, 3.8) is 0 Å². The molecule has 1 saturated heterocycles. The predicted octanol–water partition coefficient (Wildman–Crippen LogP) is 2.08. The number of carbonyl (C=O) groups excluding carboxylic acids is 2. The number of amides is 2. The fourth-order valence-corrected chi connectivity index (χ4v) is 2.06. The van der Waals surface area contributed by atoms with Gasteiger partial charge in [0.25, 0.3) is 0 Å². The van der Waals surface area contributed by atoms with Crippen molar-refractivity contribution in [3.8, 4) is 0 Å². The SMILES string of the molecule is CC(C)C(=O)Nc1ccc(NC(=O)C(C)C2CNC2)cc1. The highest BCUT2D eigenvalue weighted by atomic mass is 16.2. The van der Waals surface area contributed by atoms with Crippen LogP contribution in [0.15, 0.2) is 24.3 Å². The molecular formula is C16H23N3O2. The number of benzene rings is 1. The molecule has 21 heavy (non-hydrogen) atoms. The second-order valence-electron chi connectivity index (χ2n) is 5.92. The minimum absolute atomic E-state index is 0.00608. The Kier molecular flexibility index (Phi) is 4.96. The summed E-state index contributed by atoms with van der Waals surface area (Å²) >= 11 is 0. The Morgan fingerprint density at radius 1 is 1.00 bits per heavy atom. The van der Waals surface area contributed by atoms with Gasteiger partial charge in [-0.25, -0.2) is 0 Å². The molecule has 1 aliphatic rings. The summed E-state index contributed by atoms with van der Waals surface area (Å²) in [6.07, 6.45) is 0. The molecule has 1 aromatic rings. The molecule has 1 heterocycles. The van der Waals surface area contributed by atoms with E-state index in [0.29, 0.717) is 5.92 Å². The summed E-state index contributed by atoms with van der Waals surface area (Å²) in [7, 11) is 0. The quantitative estimate of drug-likeness (QED) is 0.777. The Balaban J connectivity index is 1.89. The molecule has 0 radical (unpaired) electrons. The first-order valence-electron chi connectivity index (χ1n) is 7.40. The van der Waals surface area contributed by atoms with Gasteiger partial charge in [0.15, 0.2) is 0 Å². The summed E-state index contributed by atoms with van der Waals surface area (Å²) in [6.45, 7) is 7.48. The molecule has 2 rings (SSSR count). The molecule has 2 amide bonds. The lowest BCUT2D eigenvalue weighted by Gasteiger charge is -2.31. The van der Waals surface area contributed by atoms with Crippen LogP contribution in [-0.4, -0.2) is 24.9 Å². The second-order valence-corrected chi connectivity index (χ2v) is 5.92. The lowest BCUT2D eigenvalue weighted by Crippen LogP contribution is -2.48. The Hall–Kier alpha value is -1.88. The van der Waals surface area contributed by atoms with Gasteiger partial charge >= 0.3 is 0 Å². The smallest absolute Gasteiger partial charge is 0.227 e. The van der Waals surface area contributed by atoms with E-state index in [1.807, 2.05) is 20.8 Å². The van der Waals surface area contributed by atoms with Crippen molar-refractivity contribution in [1.82, 2.24) is 5.32 Å². The fraction of sp³-hybridized carbons (Fsp3) is 0.500. The highest BCUT2D eigenvalue weighted by Gasteiger charge is 2.28. The molecule has 0 aromatic heterocycles. The number of rotatable bonds is 5. The molecule has 1 aliphatic heterocycles. The highest BCUT2D eigenvalue weighted by Crippen LogP contribution is 2.19. The van der Waals surface area contributed by atoms with Gasteiger partial charge < -0.3 is 16.0 Å².